The topological polar surface area (TPSA) is 65.1 Å². The maximum Gasteiger partial charge on any atom is 0.433 e. The predicted molar refractivity (Wildman–Crippen MR) is 120 cm³/mol. The maximum atomic E-state index is 13.2. The van der Waals surface area contributed by atoms with E-state index in [1.54, 1.807) is 7.05 Å². The van der Waals surface area contributed by atoms with E-state index >= 15 is 0 Å². The second-order valence-electron chi connectivity index (χ2n) is 7.83. The van der Waals surface area contributed by atoms with Gasteiger partial charge in [-0.1, -0.05) is 36.4 Å². The summed E-state index contributed by atoms with van der Waals surface area (Å²) in [5.74, 6) is -0.284. The number of carbonyl (C=O) groups excluding carboxylic acids is 1. The van der Waals surface area contributed by atoms with Crippen molar-refractivity contribution in [2.45, 2.75) is 12.6 Å². The molecule has 34 heavy (non-hydrogen) atoms. The molecule has 1 aromatic carbocycles. The van der Waals surface area contributed by atoms with Crippen LogP contribution < -0.4 is 0 Å². The highest BCUT2D eigenvalue weighted by molar-refractivity contribution is 6.01. The van der Waals surface area contributed by atoms with Gasteiger partial charge in [-0.3, -0.25) is 9.48 Å². The molecule has 4 heterocycles. The van der Waals surface area contributed by atoms with Gasteiger partial charge in [0.1, 0.15) is 17.0 Å². The van der Waals surface area contributed by atoms with Crippen LogP contribution in [0.2, 0.25) is 0 Å². The number of hydrogen-bond donors (Lipinski definition) is 0. The molecule has 5 aromatic rings. The summed E-state index contributed by atoms with van der Waals surface area (Å²) in [6, 6.07) is 17.0. The van der Waals surface area contributed by atoms with Crippen molar-refractivity contribution in [2.75, 3.05) is 0 Å². The Hall–Kier alpha value is -4.27. The maximum absolute atomic E-state index is 13.2. The van der Waals surface area contributed by atoms with E-state index in [1.165, 1.54) is 23.0 Å². The van der Waals surface area contributed by atoms with Gasteiger partial charge in [0.25, 0.3) is 0 Å². The van der Waals surface area contributed by atoms with Crippen molar-refractivity contribution < 1.29 is 18.0 Å². The Kier molecular flexibility index (Phi) is 5.24. The molecule has 6 nitrogen and oxygen atoms in total. The molecule has 5 rings (SSSR count). The summed E-state index contributed by atoms with van der Waals surface area (Å²) < 4.78 is 42.6. The monoisotopic (exact) mass is 461 g/mol. The predicted octanol–water partition coefficient (Wildman–Crippen LogP) is 5.24. The number of alkyl halides is 3. The highest BCUT2D eigenvalue weighted by atomic mass is 19.4. The van der Waals surface area contributed by atoms with Crippen LogP contribution in [0.1, 0.15) is 21.7 Å². The van der Waals surface area contributed by atoms with Crippen molar-refractivity contribution in [1.29, 1.82) is 0 Å². The molecule has 170 valence electrons. The van der Waals surface area contributed by atoms with Crippen molar-refractivity contribution in [3.63, 3.8) is 0 Å². The van der Waals surface area contributed by atoms with Crippen molar-refractivity contribution in [3.05, 3.63) is 96.2 Å². The van der Waals surface area contributed by atoms with Gasteiger partial charge < -0.3 is 4.40 Å². The quantitative estimate of drug-likeness (QED) is 0.336. The first kappa shape index (κ1) is 21.6. The molecule has 0 bridgehead atoms. The Bertz CT molecular complexity index is 1500. The van der Waals surface area contributed by atoms with Crippen LogP contribution in [0.3, 0.4) is 0 Å². The second-order valence-corrected chi connectivity index (χ2v) is 7.83. The van der Waals surface area contributed by atoms with Gasteiger partial charge in [0.05, 0.1) is 17.6 Å². The van der Waals surface area contributed by atoms with E-state index in [0.717, 1.165) is 22.9 Å². The molecule has 0 radical (unpaired) electrons. The minimum atomic E-state index is -4.58. The molecule has 0 fully saturated rings. The average Bonchev–Trinajstić information content (AvgIpc) is 3.42. The van der Waals surface area contributed by atoms with Crippen LogP contribution in [-0.2, 0) is 19.6 Å². The summed E-state index contributed by atoms with van der Waals surface area (Å²) in [6.45, 7) is 0. The number of aryl methyl sites for hydroxylation is 1. The van der Waals surface area contributed by atoms with Gasteiger partial charge in [0.2, 0.25) is 0 Å². The number of halogens is 3. The average molecular weight is 461 g/mol. The van der Waals surface area contributed by atoms with Crippen molar-refractivity contribution in [2.24, 2.45) is 7.05 Å². The van der Waals surface area contributed by atoms with E-state index < -0.39 is 11.9 Å². The van der Waals surface area contributed by atoms with Crippen LogP contribution in [0, 0.1) is 0 Å². The third-order valence-corrected chi connectivity index (χ3v) is 5.48. The Labute approximate surface area is 192 Å². The lowest BCUT2D eigenvalue weighted by Crippen LogP contribution is -2.12. The standard InChI is InChI=1S/C25H18F3N5O/c1-32-24(18(14-29-32)19-8-5-9-22(30-19)25(26,27)28)21(34)12-16-10-11-33-15-20(31-23(33)13-16)17-6-3-2-4-7-17/h2-11,13-15H,12H2,1H3. The Morgan fingerprint density at radius 3 is 2.53 bits per heavy atom. The van der Waals surface area contributed by atoms with Gasteiger partial charge in [0, 0.05) is 37.0 Å². The summed E-state index contributed by atoms with van der Waals surface area (Å²) in [4.78, 5) is 21.5. The number of nitrogens with zero attached hydrogens (tertiary/aromatic N) is 5. The third-order valence-electron chi connectivity index (χ3n) is 5.48. The van der Waals surface area contributed by atoms with Crippen LogP contribution in [-0.4, -0.2) is 29.9 Å². The molecule has 4 aromatic heterocycles. The molecule has 0 spiro atoms. The molecule has 0 saturated carbocycles. The summed E-state index contributed by atoms with van der Waals surface area (Å²) >= 11 is 0. The van der Waals surface area contributed by atoms with E-state index in [-0.39, 0.29) is 29.2 Å². The highest BCUT2D eigenvalue weighted by Crippen LogP contribution is 2.30. The zero-order valence-electron chi connectivity index (χ0n) is 18.0. The summed E-state index contributed by atoms with van der Waals surface area (Å²) in [6.07, 6.45) is 0.556. The van der Waals surface area contributed by atoms with Gasteiger partial charge in [-0.05, 0) is 29.8 Å². The number of imidazole rings is 1. The van der Waals surface area contributed by atoms with Crippen molar-refractivity contribution >= 4 is 11.4 Å². The zero-order chi connectivity index (χ0) is 23.9. The molecule has 0 atom stereocenters. The lowest BCUT2D eigenvalue weighted by molar-refractivity contribution is -0.141. The second kappa shape index (κ2) is 8.26. The smallest absolute Gasteiger partial charge is 0.306 e. The molecule has 0 aliphatic heterocycles. The largest absolute Gasteiger partial charge is 0.433 e. The van der Waals surface area contributed by atoms with E-state index in [2.05, 4.69) is 15.1 Å². The number of benzene rings is 1. The van der Waals surface area contributed by atoms with Gasteiger partial charge in [-0.2, -0.15) is 18.3 Å². The third kappa shape index (κ3) is 4.07. The first-order valence-corrected chi connectivity index (χ1v) is 10.4. The number of carbonyl (C=O) groups is 1. The summed E-state index contributed by atoms with van der Waals surface area (Å²) in [7, 11) is 1.58. The number of Topliss-reactive ketones (excluding diaryl/α,β-unsaturated/α-hetero) is 1. The Morgan fingerprint density at radius 2 is 1.76 bits per heavy atom. The Balaban J connectivity index is 1.45. The van der Waals surface area contributed by atoms with Crippen LogP contribution in [0.15, 0.2) is 79.3 Å². The molecular weight excluding hydrogens is 443 g/mol. The fourth-order valence-electron chi connectivity index (χ4n) is 3.85. The van der Waals surface area contributed by atoms with E-state index in [4.69, 9.17) is 0 Å². The number of rotatable bonds is 5. The molecule has 0 aliphatic carbocycles. The molecule has 9 heteroatoms. The summed E-state index contributed by atoms with van der Waals surface area (Å²) in [5.41, 5.74) is 2.69. The highest BCUT2D eigenvalue weighted by Gasteiger charge is 2.33. The van der Waals surface area contributed by atoms with E-state index in [1.807, 2.05) is 59.3 Å². The molecule has 0 unspecified atom stereocenters. The van der Waals surface area contributed by atoms with Crippen LogP contribution in [0.4, 0.5) is 13.2 Å². The number of ketones is 1. The minimum Gasteiger partial charge on any atom is -0.306 e. The number of pyridine rings is 2. The molecular formula is C25H18F3N5O. The van der Waals surface area contributed by atoms with Gasteiger partial charge in [-0.15, -0.1) is 0 Å². The van der Waals surface area contributed by atoms with Gasteiger partial charge >= 0.3 is 6.18 Å². The summed E-state index contributed by atoms with van der Waals surface area (Å²) in [5, 5.41) is 4.09. The lowest BCUT2D eigenvalue weighted by Gasteiger charge is -2.09. The SMILES string of the molecule is Cn1ncc(-c2cccc(C(F)(F)F)n2)c1C(=O)Cc1ccn2cc(-c3ccccc3)nc2c1. The molecule has 0 saturated heterocycles. The van der Waals surface area contributed by atoms with Gasteiger partial charge in [0.15, 0.2) is 5.78 Å². The molecule has 0 aliphatic rings. The van der Waals surface area contributed by atoms with Crippen LogP contribution >= 0.6 is 0 Å². The fourth-order valence-corrected chi connectivity index (χ4v) is 3.85. The number of fused-ring (bicyclic) bond motifs is 1. The zero-order valence-corrected chi connectivity index (χ0v) is 18.0. The molecule has 0 N–H and O–H groups in total. The van der Waals surface area contributed by atoms with Crippen molar-refractivity contribution in [3.8, 4) is 22.5 Å². The lowest BCUT2D eigenvalue weighted by atomic mass is 10.0. The number of hydrogen-bond acceptors (Lipinski definition) is 4. The molecule has 0 amide bonds. The van der Waals surface area contributed by atoms with Crippen LogP contribution in [0.5, 0.6) is 0 Å². The van der Waals surface area contributed by atoms with E-state index in [9.17, 15) is 18.0 Å². The van der Waals surface area contributed by atoms with Crippen LogP contribution in [0.25, 0.3) is 28.2 Å². The van der Waals surface area contributed by atoms with Crippen molar-refractivity contribution in [1.82, 2.24) is 24.1 Å². The number of aromatic nitrogens is 5. The first-order chi connectivity index (χ1) is 16.3. The van der Waals surface area contributed by atoms with Gasteiger partial charge in [-0.25, -0.2) is 9.97 Å². The fraction of sp³-hybridized carbons (Fsp3) is 0.120. The first-order valence-electron chi connectivity index (χ1n) is 10.4. The van der Waals surface area contributed by atoms with E-state index in [0.29, 0.717) is 5.65 Å². The minimum absolute atomic E-state index is 0.0372. The Morgan fingerprint density at radius 1 is 0.971 bits per heavy atom. The normalized spacial score (nSPS) is 11.8.